The predicted molar refractivity (Wildman–Crippen MR) is 99.5 cm³/mol. The third-order valence-corrected chi connectivity index (χ3v) is 3.72. The minimum atomic E-state index is -0.585. The molecule has 8 heteroatoms. The first-order chi connectivity index (χ1) is 13.0. The summed E-state index contributed by atoms with van der Waals surface area (Å²) in [6.45, 7) is 0. The van der Waals surface area contributed by atoms with Crippen LogP contribution in [0.3, 0.4) is 0 Å². The summed E-state index contributed by atoms with van der Waals surface area (Å²) in [5.74, 6) is -1.11. The van der Waals surface area contributed by atoms with Gasteiger partial charge in [-0.2, -0.15) is 0 Å². The van der Waals surface area contributed by atoms with Crippen molar-refractivity contribution in [3.8, 4) is 0 Å². The van der Waals surface area contributed by atoms with Crippen LogP contribution >= 0.6 is 0 Å². The van der Waals surface area contributed by atoms with E-state index in [9.17, 15) is 19.7 Å². The van der Waals surface area contributed by atoms with Crippen molar-refractivity contribution < 1.29 is 14.5 Å². The van der Waals surface area contributed by atoms with Gasteiger partial charge in [-0.25, -0.2) is 0 Å². The molecule has 1 heterocycles. The number of para-hydroxylation sites is 1. The van der Waals surface area contributed by atoms with E-state index in [4.69, 9.17) is 0 Å². The van der Waals surface area contributed by atoms with E-state index >= 15 is 0 Å². The molecule has 3 aromatic rings. The van der Waals surface area contributed by atoms with Gasteiger partial charge in [0.05, 0.1) is 10.4 Å². The fraction of sp³-hybridized carbons (Fsp3) is 0. The van der Waals surface area contributed by atoms with Crippen molar-refractivity contribution in [2.45, 2.75) is 0 Å². The lowest BCUT2D eigenvalue weighted by Crippen LogP contribution is -2.40. The summed E-state index contributed by atoms with van der Waals surface area (Å²) in [4.78, 5) is 38.2. The van der Waals surface area contributed by atoms with E-state index in [1.54, 1.807) is 12.3 Å². The molecule has 0 atom stereocenters. The van der Waals surface area contributed by atoms with Gasteiger partial charge in [0.25, 0.3) is 17.5 Å². The van der Waals surface area contributed by atoms with Crippen LogP contribution in [-0.2, 0) is 4.79 Å². The van der Waals surface area contributed by atoms with Crippen molar-refractivity contribution in [1.82, 2.24) is 15.8 Å². The fourth-order valence-electron chi connectivity index (χ4n) is 2.39. The van der Waals surface area contributed by atoms with Crippen molar-refractivity contribution in [2.75, 3.05) is 0 Å². The Morgan fingerprint density at radius 1 is 1.00 bits per heavy atom. The highest BCUT2D eigenvalue weighted by molar-refractivity contribution is 5.99. The standard InChI is InChI=1S/C19H14N4O4/c24-17(11-8-14-4-1-3-13-5-2-12-20-18(13)14)21-22-19(25)15-6-9-16(10-7-15)23(26)27/h1-12H,(H,21,24)(H,22,25)/b11-8+. The molecule has 2 aromatic carbocycles. The number of hydrogen-bond donors (Lipinski definition) is 2. The molecule has 8 nitrogen and oxygen atoms in total. The number of carbonyl (C=O) groups is 2. The number of nitrogens with zero attached hydrogens (tertiary/aromatic N) is 2. The fourth-order valence-corrected chi connectivity index (χ4v) is 2.39. The highest BCUT2D eigenvalue weighted by atomic mass is 16.6. The molecule has 0 bridgehead atoms. The van der Waals surface area contributed by atoms with Crippen molar-refractivity contribution in [3.05, 3.63) is 88.1 Å². The molecule has 3 rings (SSSR count). The van der Waals surface area contributed by atoms with Crippen molar-refractivity contribution in [1.29, 1.82) is 0 Å². The second kappa shape index (κ2) is 7.87. The molecule has 1 aromatic heterocycles. The summed E-state index contributed by atoms with van der Waals surface area (Å²) < 4.78 is 0. The monoisotopic (exact) mass is 362 g/mol. The third kappa shape index (κ3) is 4.31. The molecule has 0 radical (unpaired) electrons. The Balaban J connectivity index is 1.61. The molecule has 134 valence electrons. The topological polar surface area (TPSA) is 114 Å². The average molecular weight is 362 g/mol. The van der Waals surface area contributed by atoms with Crippen LogP contribution in [0.2, 0.25) is 0 Å². The highest BCUT2D eigenvalue weighted by Crippen LogP contribution is 2.17. The van der Waals surface area contributed by atoms with Crippen LogP contribution < -0.4 is 10.9 Å². The first-order valence-electron chi connectivity index (χ1n) is 7.91. The van der Waals surface area contributed by atoms with E-state index in [0.29, 0.717) is 0 Å². The number of pyridine rings is 1. The Labute approximate surface area is 153 Å². The number of fused-ring (bicyclic) bond motifs is 1. The summed E-state index contributed by atoms with van der Waals surface area (Å²) in [6, 6.07) is 14.4. The zero-order valence-corrected chi connectivity index (χ0v) is 14.0. The van der Waals surface area contributed by atoms with Crippen LogP contribution in [0.5, 0.6) is 0 Å². The van der Waals surface area contributed by atoms with Crippen LogP contribution in [0.1, 0.15) is 15.9 Å². The Bertz CT molecular complexity index is 1040. The average Bonchev–Trinajstić information content (AvgIpc) is 2.70. The molecule has 0 aliphatic rings. The van der Waals surface area contributed by atoms with Crippen LogP contribution in [0, 0.1) is 10.1 Å². The van der Waals surface area contributed by atoms with Crippen LogP contribution in [0.4, 0.5) is 5.69 Å². The van der Waals surface area contributed by atoms with Crippen LogP contribution in [0.25, 0.3) is 17.0 Å². The Kier molecular flexibility index (Phi) is 5.17. The Morgan fingerprint density at radius 3 is 2.48 bits per heavy atom. The molecular formula is C19H14N4O4. The zero-order valence-electron chi connectivity index (χ0n) is 14.0. The van der Waals surface area contributed by atoms with Gasteiger partial charge in [-0.3, -0.25) is 35.5 Å². The largest absolute Gasteiger partial charge is 0.269 e. The molecule has 0 aliphatic carbocycles. The SMILES string of the molecule is O=C(/C=C/c1cccc2cccnc12)NNC(=O)c1ccc([N+](=O)[O-])cc1. The van der Waals surface area contributed by atoms with Gasteiger partial charge >= 0.3 is 0 Å². The highest BCUT2D eigenvalue weighted by Gasteiger charge is 2.09. The van der Waals surface area contributed by atoms with E-state index in [1.807, 2.05) is 30.3 Å². The molecule has 2 N–H and O–H groups in total. The number of hydrazine groups is 1. The van der Waals surface area contributed by atoms with Crippen LogP contribution in [0.15, 0.2) is 66.9 Å². The molecule has 0 saturated carbocycles. The van der Waals surface area contributed by atoms with Gasteiger partial charge in [-0.1, -0.05) is 24.3 Å². The lowest BCUT2D eigenvalue weighted by atomic mass is 10.1. The summed E-state index contributed by atoms with van der Waals surface area (Å²) in [5.41, 5.74) is 6.09. The number of non-ortho nitro benzene ring substituents is 1. The van der Waals surface area contributed by atoms with E-state index in [0.717, 1.165) is 16.5 Å². The number of nitrogens with one attached hydrogen (secondary N) is 2. The number of nitro groups is 1. The number of benzene rings is 2. The Morgan fingerprint density at radius 2 is 1.74 bits per heavy atom. The normalized spacial score (nSPS) is 10.7. The maximum absolute atomic E-state index is 11.9. The second-order valence-corrected chi connectivity index (χ2v) is 5.50. The number of carbonyl (C=O) groups excluding carboxylic acids is 2. The number of rotatable bonds is 4. The van der Waals surface area contributed by atoms with Gasteiger partial charge in [0, 0.05) is 40.9 Å². The molecule has 2 amide bonds. The van der Waals surface area contributed by atoms with Gasteiger partial charge in [-0.05, 0) is 24.3 Å². The minimum Gasteiger partial charge on any atom is -0.268 e. The quantitative estimate of drug-likeness (QED) is 0.421. The first-order valence-corrected chi connectivity index (χ1v) is 7.91. The van der Waals surface area contributed by atoms with Crippen molar-refractivity contribution in [3.63, 3.8) is 0 Å². The van der Waals surface area contributed by atoms with Gasteiger partial charge in [0.15, 0.2) is 0 Å². The first kappa shape index (κ1) is 17.7. The molecule has 0 saturated heterocycles. The van der Waals surface area contributed by atoms with Crippen molar-refractivity contribution in [2.24, 2.45) is 0 Å². The maximum atomic E-state index is 11.9. The van der Waals surface area contributed by atoms with Crippen LogP contribution in [-0.4, -0.2) is 21.7 Å². The summed E-state index contributed by atoms with van der Waals surface area (Å²) in [6.07, 6.45) is 4.55. The van der Waals surface area contributed by atoms with Gasteiger partial charge < -0.3 is 0 Å². The Hall–Kier alpha value is -4.07. The van der Waals surface area contributed by atoms with Gasteiger partial charge in [0.2, 0.25) is 0 Å². The summed E-state index contributed by atoms with van der Waals surface area (Å²) in [5, 5.41) is 11.6. The molecule has 0 aliphatic heterocycles. The molecular weight excluding hydrogens is 348 g/mol. The second-order valence-electron chi connectivity index (χ2n) is 5.50. The number of nitro benzene ring substituents is 1. The number of amides is 2. The predicted octanol–water partition coefficient (Wildman–Crippen LogP) is 2.62. The maximum Gasteiger partial charge on any atom is 0.269 e. The van der Waals surface area contributed by atoms with E-state index in [2.05, 4.69) is 15.8 Å². The van der Waals surface area contributed by atoms with Gasteiger partial charge in [-0.15, -0.1) is 0 Å². The number of aromatic nitrogens is 1. The van der Waals surface area contributed by atoms with E-state index in [1.165, 1.54) is 30.3 Å². The third-order valence-electron chi connectivity index (χ3n) is 3.72. The summed E-state index contributed by atoms with van der Waals surface area (Å²) >= 11 is 0. The molecule has 0 unspecified atom stereocenters. The number of hydrogen-bond acceptors (Lipinski definition) is 5. The summed E-state index contributed by atoms with van der Waals surface area (Å²) in [7, 11) is 0. The lowest BCUT2D eigenvalue weighted by Gasteiger charge is -2.05. The zero-order chi connectivity index (χ0) is 19.2. The molecule has 0 spiro atoms. The molecule has 0 fully saturated rings. The minimum absolute atomic E-state index is 0.123. The molecule has 27 heavy (non-hydrogen) atoms. The smallest absolute Gasteiger partial charge is 0.268 e. The van der Waals surface area contributed by atoms with E-state index < -0.39 is 16.7 Å². The van der Waals surface area contributed by atoms with Crippen molar-refractivity contribution >= 4 is 34.5 Å². The van der Waals surface area contributed by atoms with Gasteiger partial charge in [0.1, 0.15) is 0 Å². The lowest BCUT2D eigenvalue weighted by molar-refractivity contribution is -0.384. The van der Waals surface area contributed by atoms with E-state index in [-0.39, 0.29) is 11.3 Å².